The Morgan fingerprint density at radius 3 is 2.65 bits per heavy atom. The van der Waals surface area contributed by atoms with E-state index >= 15 is 0 Å². The molecular weight excluding hydrogens is 216 g/mol. The molecule has 94 valence electrons. The SMILES string of the molecule is CCOCCCC(Cc1ccccc1)C(=O)O. The Bertz CT molecular complexity index is 321. The second-order valence-electron chi connectivity index (χ2n) is 4.06. The van der Waals surface area contributed by atoms with Crippen LogP contribution >= 0.6 is 0 Å². The number of aliphatic carboxylic acids is 1. The molecule has 0 aliphatic rings. The maximum Gasteiger partial charge on any atom is 0.306 e. The number of carboxylic acids is 1. The zero-order chi connectivity index (χ0) is 12.5. The second-order valence-corrected chi connectivity index (χ2v) is 4.06. The van der Waals surface area contributed by atoms with Crippen molar-refractivity contribution in [1.29, 1.82) is 0 Å². The van der Waals surface area contributed by atoms with Gasteiger partial charge in [0.1, 0.15) is 0 Å². The van der Waals surface area contributed by atoms with Crippen LogP contribution < -0.4 is 0 Å². The van der Waals surface area contributed by atoms with Crippen molar-refractivity contribution >= 4 is 5.97 Å². The van der Waals surface area contributed by atoms with Gasteiger partial charge in [0.2, 0.25) is 0 Å². The molecule has 1 N–H and O–H groups in total. The minimum absolute atomic E-state index is 0.308. The standard InChI is InChI=1S/C14H20O3/c1-2-17-10-6-9-13(14(15)16)11-12-7-4-3-5-8-12/h3-5,7-8,13H,2,6,9-11H2,1H3,(H,15,16). The van der Waals surface area contributed by atoms with Gasteiger partial charge in [-0.2, -0.15) is 0 Å². The number of carboxylic acid groups (broad SMARTS) is 1. The minimum atomic E-state index is -0.717. The molecule has 1 unspecified atom stereocenters. The van der Waals surface area contributed by atoms with Crippen molar-refractivity contribution in [1.82, 2.24) is 0 Å². The Balaban J connectivity index is 2.41. The molecule has 1 aromatic carbocycles. The number of benzene rings is 1. The van der Waals surface area contributed by atoms with Gasteiger partial charge in [0, 0.05) is 13.2 Å². The monoisotopic (exact) mass is 236 g/mol. The number of rotatable bonds is 8. The molecule has 1 rings (SSSR count). The molecule has 0 heterocycles. The zero-order valence-electron chi connectivity index (χ0n) is 10.3. The van der Waals surface area contributed by atoms with Crippen LogP contribution in [0.25, 0.3) is 0 Å². The second kappa shape index (κ2) is 7.85. The van der Waals surface area contributed by atoms with Crippen LogP contribution in [-0.2, 0) is 16.0 Å². The first-order valence-electron chi connectivity index (χ1n) is 6.08. The molecule has 0 spiro atoms. The molecule has 0 saturated carbocycles. The number of hydrogen-bond acceptors (Lipinski definition) is 2. The lowest BCUT2D eigenvalue weighted by molar-refractivity contribution is -0.142. The molecule has 0 saturated heterocycles. The highest BCUT2D eigenvalue weighted by Gasteiger charge is 2.17. The first-order chi connectivity index (χ1) is 8.24. The molecule has 17 heavy (non-hydrogen) atoms. The predicted molar refractivity (Wildman–Crippen MR) is 67.0 cm³/mol. The maximum absolute atomic E-state index is 11.1. The topological polar surface area (TPSA) is 46.5 Å². The largest absolute Gasteiger partial charge is 0.481 e. The van der Waals surface area contributed by atoms with Gasteiger partial charge in [-0.05, 0) is 31.7 Å². The Morgan fingerprint density at radius 2 is 2.06 bits per heavy atom. The van der Waals surface area contributed by atoms with E-state index in [-0.39, 0.29) is 5.92 Å². The van der Waals surface area contributed by atoms with Crippen LogP contribution in [-0.4, -0.2) is 24.3 Å². The third kappa shape index (κ3) is 5.50. The van der Waals surface area contributed by atoms with Gasteiger partial charge < -0.3 is 9.84 Å². The lowest BCUT2D eigenvalue weighted by Crippen LogP contribution is -2.17. The molecule has 1 atom stereocenters. The summed E-state index contributed by atoms with van der Waals surface area (Å²) in [5, 5.41) is 9.15. The molecule has 3 heteroatoms. The summed E-state index contributed by atoms with van der Waals surface area (Å²) < 4.78 is 5.22. The summed E-state index contributed by atoms with van der Waals surface area (Å²) in [5.74, 6) is -1.02. The van der Waals surface area contributed by atoms with Crippen LogP contribution in [0.4, 0.5) is 0 Å². The molecule has 1 aromatic rings. The van der Waals surface area contributed by atoms with Gasteiger partial charge in [-0.3, -0.25) is 4.79 Å². The van der Waals surface area contributed by atoms with Crippen molar-refractivity contribution in [2.75, 3.05) is 13.2 Å². The number of carbonyl (C=O) groups is 1. The van der Waals surface area contributed by atoms with Gasteiger partial charge in [0.25, 0.3) is 0 Å². The molecule has 3 nitrogen and oxygen atoms in total. The quantitative estimate of drug-likeness (QED) is 0.706. The van der Waals surface area contributed by atoms with Crippen molar-refractivity contribution in [3.63, 3.8) is 0 Å². The van der Waals surface area contributed by atoms with Crippen molar-refractivity contribution in [2.45, 2.75) is 26.2 Å². The lowest BCUT2D eigenvalue weighted by Gasteiger charge is -2.12. The highest BCUT2D eigenvalue weighted by Crippen LogP contribution is 2.14. The lowest BCUT2D eigenvalue weighted by atomic mass is 9.95. The van der Waals surface area contributed by atoms with Gasteiger partial charge >= 0.3 is 5.97 Å². The van der Waals surface area contributed by atoms with Crippen LogP contribution in [0.3, 0.4) is 0 Å². The van der Waals surface area contributed by atoms with Crippen molar-refractivity contribution in [3.8, 4) is 0 Å². The molecular formula is C14H20O3. The summed E-state index contributed by atoms with van der Waals surface area (Å²) in [6.07, 6.45) is 2.07. The van der Waals surface area contributed by atoms with Gasteiger partial charge in [-0.15, -0.1) is 0 Å². The fourth-order valence-electron chi connectivity index (χ4n) is 1.79. The number of hydrogen-bond donors (Lipinski definition) is 1. The van der Waals surface area contributed by atoms with Crippen molar-refractivity contribution < 1.29 is 14.6 Å². The summed E-state index contributed by atoms with van der Waals surface area (Å²) in [7, 11) is 0. The third-order valence-corrected chi connectivity index (χ3v) is 2.72. The van der Waals surface area contributed by atoms with Crippen LogP contribution in [0, 0.1) is 5.92 Å². The summed E-state index contributed by atoms with van der Waals surface area (Å²) in [5.41, 5.74) is 1.08. The summed E-state index contributed by atoms with van der Waals surface area (Å²) in [6.45, 7) is 3.28. The van der Waals surface area contributed by atoms with E-state index in [1.54, 1.807) is 0 Å². The maximum atomic E-state index is 11.1. The van der Waals surface area contributed by atoms with Crippen LogP contribution in [0.1, 0.15) is 25.3 Å². The summed E-state index contributed by atoms with van der Waals surface area (Å²) >= 11 is 0. The average Bonchev–Trinajstić information content (AvgIpc) is 2.34. The van der Waals surface area contributed by atoms with Gasteiger partial charge in [0.05, 0.1) is 5.92 Å². The fraction of sp³-hybridized carbons (Fsp3) is 0.500. The van der Waals surface area contributed by atoms with E-state index in [0.29, 0.717) is 26.1 Å². The molecule has 0 aromatic heterocycles. The van der Waals surface area contributed by atoms with E-state index in [9.17, 15) is 4.79 Å². The Labute approximate surface area is 102 Å². The molecule has 0 aliphatic heterocycles. The van der Waals surface area contributed by atoms with Crippen LogP contribution in [0.5, 0.6) is 0 Å². The average molecular weight is 236 g/mol. The van der Waals surface area contributed by atoms with E-state index in [2.05, 4.69) is 0 Å². The molecule has 0 fully saturated rings. The molecule has 0 aliphatic carbocycles. The van der Waals surface area contributed by atoms with E-state index in [4.69, 9.17) is 9.84 Å². The van der Waals surface area contributed by atoms with Gasteiger partial charge in [-0.25, -0.2) is 0 Å². The minimum Gasteiger partial charge on any atom is -0.481 e. The summed E-state index contributed by atoms with van der Waals surface area (Å²) in [4.78, 5) is 11.1. The van der Waals surface area contributed by atoms with Gasteiger partial charge in [-0.1, -0.05) is 30.3 Å². The first kappa shape index (κ1) is 13.7. The molecule has 0 amide bonds. The van der Waals surface area contributed by atoms with E-state index < -0.39 is 5.97 Å². The third-order valence-electron chi connectivity index (χ3n) is 2.72. The Kier molecular flexibility index (Phi) is 6.33. The Hall–Kier alpha value is -1.35. The van der Waals surface area contributed by atoms with Crippen molar-refractivity contribution in [3.05, 3.63) is 35.9 Å². The number of ether oxygens (including phenoxy) is 1. The smallest absolute Gasteiger partial charge is 0.306 e. The first-order valence-corrected chi connectivity index (χ1v) is 6.08. The fourth-order valence-corrected chi connectivity index (χ4v) is 1.79. The highest BCUT2D eigenvalue weighted by molar-refractivity contribution is 5.70. The van der Waals surface area contributed by atoms with Gasteiger partial charge in [0.15, 0.2) is 0 Å². The molecule has 0 radical (unpaired) electrons. The normalized spacial score (nSPS) is 12.3. The Morgan fingerprint density at radius 1 is 1.35 bits per heavy atom. The van der Waals surface area contributed by atoms with Crippen LogP contribution in [0.15, 0.2) is 30.3 Å². The summed E-state index contributed by atoms with van der Waals surface area (Å²) in [6, 6.07) is 9.76. The van der Waals surface area contributed by atoms with Crippen molar-refractivity contribution in [2.24, 2.45) is 5.92 Å². The zero-order valence-corrected chi connectivity index (χ0v) is 10.3. The predicted octanol–water partition coefficient (Wildman–Crippen LogP) is 2.75. The van der Waals surface area contributed by atoms with Crippen LogP contribution in [0.2, 0.25) is 0 Å². The highest BCUT2D eigenvalue weighted by atomic mass is 16.5. The van der Waals surface area contributed by atoms with E-state index in [1.807, 2.05) is 37.3 Å². The van der Waals surface area contributed by atoms with E-state index in [1.165, 1.54) is 0 Å². The van der Waals surface area contributed by atoms with E-state index in [0.717, 1.165) is 12.0 Å². The molecule has 0 bridgehead atoms.